The van der Waals surface area contributed by atoms with Crippen LogP contribution in [0.1, 0.15) is 5.56 Å². The third-order valence-corrected chi connectivity index (χ3v) is 6.86. The maximum absolute atomic E-state index is 12.4. The monoisotopic (exact) mass is 459 g/mol. The number of anilines is 1. The number of halogens is 2. The number of nitrogens with one attached hydrogen (secondary N) is 1. The topological polar surface area (TPSA) is 54.9 Å². The summed E-state index contributed by atoms with van der Waals surface area (Å²) in [5.41, 5.74) is 4.00. The molecule has 29 heavy (non-hydrogen) atoms. The highest BCUT2D eigenvalue weighted by atomic mass is 35.5. The molecule has 0 radical (unpaired) electrons. The van der Waals surface area contributed by atoms with Crippen molar-refractivity contribution in [3.8, 4) is 11.1 Å². The molecule has 1 amide bonds. The summed E-state index contributed by atoms with van der Waals surface area (Å²) in [4.78, 5) is 22.1. The summed E-state index contributed by atoms with van der Waals surface area (Å²) in [5, 5.41) is 7.53. The number of carbonyl (C=O) groups excluding carboxylic acids is 1. The van der Waals surface area contributed by atoms with Gasteiger partial charge in [-0.05, 0) is 30.7 Å². The van der Waals surface area contributed by atoms with Crippen LogP contribution in [0.2, 0.25) is 10.0 Å². The van der Waals surface area contributed by atoms with Crippen molar-refractivity contribution in [3.63, 3.8) is 0 Å². The van der Waals surface area contributed by atoms with Crippen LogP contribution in [-0.2, 0) is 4.79 Å². The van der Waals surface area contributed by atoms with Gasteiger partial charge in [0.25, 0.3) is 0 Å². The maximum Gasteiger partial charge on any atom is 0.234 e. The van der Waals surface area contributed by atoms with Crippen molar-refractivity contribution in [1.29, 1.82) is 0 Å². The summed E-state index contributed by atoms with van der Waals surface area (Å²) in [7, 11) is 0. The van der Waals surface area contributed by atoms with Gasteiger partial charge in [-0.1, -0.05) is 64.8 Å². The first-order valence-electron chi connectivity index (χ1n) is 8.68. The molecule has 146 valence electrons. The van der Waals surface area contributed by atoms with Gasteiger partial charge in [-0.2, -0.15) is 0 Å². The molecule has 0 unspecified atom stereocenters. The Kier molecular flexibility index (Phi) is 6.06. The summed E-state index contributed by atoms with van der Waals surface area (Å²) >= 11 is 14.9. The Hall–Kier alpha value is -2.12. The van der Waals surface area contributed by atoms with Crippen LogP contribution in [-0.4, -0.2) is 21.6 Å². The van der Waals surface area contributed by atoms with Crippen molar-refractivity contribution >= 4 is 68.1 Å². The molecular weight excluding hydrogens is 445 g/mol. The van der Waals surface area contributed by atoms with Crippen LogP contribution in [0.3, 0.4) is 0 Å². The number of amides is 1. The zero-order valence-electron chi connectivity index (χ0n) is 15.3. The highest BCUT2D eigenvalue weighted by Crippen LogP contribution is 2.38. The molecule has 1 N–H and O–H groups in total. The number of thiophene rings is 1. The van der Waals surface area contributed by atoms with Crippen LogP contribution in [0.5, 0.6) is 0 Å². The molecule has 0 aliphatic carbocycles. The molecule has 0 saturated carbocycles. The van der Waals surface area contributed by atoms with E-state index in [2.05, 4.69) is 51.9 Å². The van der Waals surface area contributed by atoms with Crippen molar-refractivity contribution in [3.05, 3.63) is 69.8 Å². The van der Waals surface area contributed by atoms with E-state index >= 15 is 0 Å². The minimum absolute atomic E-state index is 0.146. The number of carbonyl (C=O) groups is 1. The first-order valence-corrected chi connectivity index (χ1v) is 11.3. The minimum atomic E-state index is -0.146. The Balaban J connectivity index is 1.54. The Bertz CT molecular complexity index is 1190. The lowest BCUT2D eigenvalue weighted by Gasteiger charge is -2.07. The lowest BCUT2D eigenvalue weighted by Crippen LogP contribution is -2.14. The van der Waals surface area contributed by atoms with E-state index in [0.717, 1.165) is 26.4 Å². The lowest BCUT2D eigenvalue weighted by atomic mass is 10.1. The standard InChI is InChI=1S/C21H15Cl2N3OS2/c1-12-2-4-13(5-3-12)15-9-28-20-19(15)21(25-11-24-20)29-10-18(27)26-14-6-7-16(22)17(23)8-14/h2-9,11H,10H2,1H3,(H,26,27). The third kappa shape index (κ3) is 4.56. The number of hydrogen-bond acceptors (Lipinski definition) is 5. The molecular formula is C21H15Cl2N3OS2. The molecule has 2 aromatic carbocycles. The van der Waals surface area contributed by atoms with E-state index in [1.165, 1.54) is 23.7 Å². The van der Waals surface area contributed by atoms with Crippen molar-refractivity contribution in [2.45, 2.75) is 11.9 Å². The van der Waals surface area contributed by atoms with Crippen molar-refractivity contribution in [2.75, 3.05) is 11.1 Å². The second-order valence-corrected chi connectivity index (χ2v) is 8.98. The number of nitrogens with zero attached hydrogens (tertiary/aromatic N) is 2. The molecule has 2 aromatic heterocycles. The summed E-state index contributed by atoms with van der Waals surface area (Å²) in [6.07, 6.45) is 1.54. The van der Waals surface area contributed by atoms with Gasteiger partial charge >= 0.3 is 0 Å². The Morgan fingerprint density at radius 1 is 1.10 bits per heavy atom. The second-order valence-electron chi connectivity index (χ2n) is 6.34. The van der Waals surface area contributed by atoms with Crippen molar-refractivity contribution in [2.24, 2.45) is 0 Å². The number of fused-ring (bicyclic) bond motifs is 1. The molecule has 0 fully saturated rings. The largest absolute Gasteiger partial charge is 0.325 e. The van der Waals surface area contributed by atoms with Gasteiger partial charge in [0.1, 0.15) is 16.2 Å². The second kappa shape index (κ2) is 8.71. The molecule has 4 aromatic rings. The fraction of sp³-hybridized carbons (Fsp3) is 0.0952. The first kappa shape index (κ1) is 20.2. The number of thioether (sulfide) groups is 1. The molecule has 0 aliphatic heterocycles. The normalized spacial score (nSPS) is 11.0. The van der Waals surface area contributed by atoms with Gasteiger partial charge in [-0.3, -0.25) is 4.79 Å². The number of aromatic nitrogens is 2. The van der Waals surface area contributed by atoms with Crippen molar-refractivity contribution < 1.29 is 4.79 Å². The van der Waals surface area contributed by atoms with Gasteiger partial charge in [0, 0.05) is 16.6 Å². The van der Waals surface area contributed by atoms with Crippen LogP contribution >= 0.6 is 46.3 Å². The van der Waals surface area contributed by atoms with Gasteiger partial charge < -0.3 is 5.32 Å². The highest BCUT2D eigenvalue weighted by Gasteiger charge is 2.15. The predicted molar refractivity (Wildman–Crippen MR) is 123 cm³/mol. The van der Waals surface area contributed by atoms with Gasteiger partial charge in [-0.15, -0.1) is 11.3 Å². The van der Waals surface area contributed by atoms with E-state index in [-0.39, 0.29) is 11.7 Å². The Labute approximate surface area is 186 Å². The van der Waals surface area contributed by atoms with E-state index in [0.29, 0.717) is 15.7 Å². The molecule has 8 heteroatoms. The molecule has 0 saturated heterocycles. The molecule has 0 atom stereocenters. The number of benzene rings is 2. The Morgan fingerprint density at radius 2 is 1.90 bits per heavy atom. The SMILES string of the molecule is Cc1ccc(-c2csc3ncnc(SCC(=O)Nc4ccc(Cl)c(Cl)c4)c23)cc1. The molecule has 0 spiro atoms. The van der Waals surface area contributed by atoms with Crippen LogP contribution in [0.4, 0.5) is 5.69 Å². The summed E-state index contributed by atoms with van der Waals surface area (Å²) in [6.45, 7) is 2.06. The molecule has 4 rings (SSSR count). The minimum Gasteiger partial charge on any atom is -0.325 e. The van der Waals surface area contributed by atoms with Crippen LogP contribution in [0, 0.1) is 6.92 Å². The first-order chi connectivity index (χ1) is 14.0. The zero-order chi connectivity index (χ0) is 20.4. The lowest BCUT2D eigenvalue weighted by molar-refractivity contribution is -0.113. The van der Waals surface area contributed by atoms with Gasteiger partial charge in [-0.25, -0.2) is 9.97 Å². The van der Waals surface area contributed by atoms with Crippen LogP contribution in [0.25, 0.3) is 21.3 Å². The average Bonchev–Trinajstić information content (AvgIpc) is 3.15. The summed E-state index contributed by atoms with van der Waals surface area (Å²) < 4.78 is 0. The van der Waals surface area contributed by atoms with Crippen molar-refractivity contribution in [1.82, 2.24) is 9.97 Å². The van der Waals surface area contributed by atoms with E-state index in [1.54, 1.807) is 29.5 Å². The summed E-state index contributed by atoms with van der Waals surface area (Å²) in [5.74, 6) is 0.0718. The molecule has 0 bridgehead atoms. The molecule has 2 heterocycles. The third-order valence-electron chi connectivity index (χ3n) is 4.24. The van der Waals surface area contributed by atoms with E-state index in [1.807, 2.05) is 0 Å². The summed E-state index contributed by atoms with van der Waals surface area (Å²) in [6, 6.07) is 13.3. The quantitative estimate of drug-likeness (QED) is 0.266. The molecule has 0 aliphatic rings. The molecule has 4 nitrogen and oxygen atoms in total. The number of rotatable bonds is 5. The fourth-order valence-electron chi connectivity index (χ4n) is 2.81. The highest BCUT2D eigenvalue weighted by molar-refractivity contribution is 8.00. The number of hydrogen-bond donors (Lipinski definition) is 1. The maximum atomic E-state index is 12.4. The van der Waals surface area contributed by atoms with E-state index in [9.17, 15) is 4.79 Å². The van der Waals surface area contributed by atoms with Gasteiger partial charge in [0.15, 0.2) is 0 Å². The zero-order valence-corrected chi connectivity index (χ0v) is 18.4. The van der Waals surface area contributed by atoms with Crippen LogP contribution in [0.15, 0.2) is 59.2 Å². The number of aryl methyl sites for hydroxylation is 1. The smallest absolute Gasteiger partial charge is 0.234 e. The predicted octanol–water partition coefficient (Wildman–Crippen LogP) is 6.70. The Morgan fingerprint density at radius 3 is 2.66 bits per heavy atom. The fourth-order valence-corrected chi connectivity index (χ4v) is 4.90. The van der Waals surface area contributed by atoms with Gasteiger partial charge in [0.2, 0.25) is 5.91 Å². The average molecular weight is 460 g/mol. The van der Waals surface area contributed by atoms with E-state index in [4.69, 9.17) is 23.2 Å². The van der Waals surface area contributed by atoms with E-state index < -0.39 is 0 Å². The van der Waals surface area contributed by atoms with Gasteiger partial charge in [0.05, 0.1) is 21.2 Å². The van der Waals surface area contributed by atoms with Crippen LogP contribution < -0.4 is 5.32 Å².